The van der Waals surface area contributed by atoms with Crippen LogP contribution in [0.1, 0.15) is 11.1 Å². The van der Waals surface area contributed by atoms with Gasteiger partial charge in [-0.15, -0.1) is 0 Å². The van der Waals surface area contributed by atoms with E-state index in [0.717, 1.165) is 48.9 Å². The first-order chi connectivity index (χ1) is 13.6. The Labute approximate surface area is 171 Å². The number of benzene rings is 2. The lowest BCUT2D eigenvalue weighted by Crippen LogP contribution is -2.43. The van der Waals surface area contributed by atoms with Crippen LogP contribution in [-0.4, -0.2) is 63.6 Å². The molecular formula is C21H26ClN3O3. The van der Waals surface area contributed by atoms with E-state index in [9.17, 15) is 0 Å². The van der Waals surface area contributed by atoms with Gasteiger partial charge in [0.15, 0.2) is 11.5 Å². The lowest BCUT2D eigenvalue weighted by molar-refractivity contribution is 0.131. The smallest absolute Gasteiger partial charge is 0.164 e. The predicted octanol–water partition coefficient (Wildman–Crippen LogP) is 3.52. The maximum Gasteiger partial charge on any atom is 0.164 e. The highest BCUT2D eigenvalue weighted by Gasteiger charge is 2.17. The van der Waals surface area contributed by atoms with Crippen LogP contribution in [0.5, 0.6) is 17.2 Å². The van der Waals surface area contributed by atoms with Crippen molar-refractivity contribution in [1.29, 1.82) is 0 Å². The molecule has 0 radical (unpaired) electrons. The summed E-state index contributed by atoms with van der Waals surface area (Å²) in [6, 6.07) is 11.7. The fourth-order valence-corrected chi connectivity index (χ4v) is 3.37. The van der Waals surface area contributed by atoms with Crippen molar-refractivity contribution in [3.05, 3.63) is 52.5 Å². The molecule has 0 saturated carbocycles. The van der Waals surface area contributed by atoms with Gasteiger partial charge in [-0.3, -0.25) is 9.91 Å². The molecule has 2 aromatic rings. The number of hydrogen-bond donors (Lipinski definition) is 0. The van der Waals surface area contributed by atoms with Gasteiger partial charge in [0.25, 0.3) is 0 Å². The SMILES string of the molecule is COc1cc(OC)c(OC)cc1/C=N\N1CCN(Cc2ccccc2Cl)CC1. The van der Waals surface area contributed by atoms with Crippen LogP contribution in [0.4, 0.5) is 0 Å². The summed E-state index contributed by atoms with van der Waals surface area (Å²) >= 11 is 6.27. The second kappa shape index (κ2) is 9.66. The number of halogens is 1. The largest absolute Gasteiger partial charge is 0.496 e. The molecule has 0 N–H and O–H groups in total. The van der Waals surface area contributed by atoms with E-state index in [4.69, 9.17) is 25.8 Å². The molecule has 150 valence electrons. The lowest BCUT2D eigenvalue weighted by Gasteiger charge is -2.33. The number of hydrazone groups is 1. The van der Waals surface area contributed by atoms with Crippen molar-refractivity contribution in [2.45, 2.75) is 6.54 Å². The average molecular weight is 404 g/mol. The van der Waals surface area contributed by atoms with Crippen LogP contribution in [0, 0.1) is 0 Å². The molecule has 0 bridgehead atoms. The monoisotopic (exact) mass is 403 g/mol. The standard InChI is InChI=1S/C21H26ClN3O3/c1-26-19-13-21(28-3)20(27-2)12-17(19)14-23-25-10-8-24(9-11-25)15-16-6-4-5-7-18(16)22/h4-7,12-14H,8-11,15H2,1-3H3/b23-14-. The second-order valence-electron chi connectivity index (χ2n) is 6.51. The van der Waals surface area contributed by atoms with Gasteiger partial charge in [0, 0.05) is 49.4 Å². The highest BCUT2D eigenvalue weighted by atomic mass is 35.5. The van der Waals surface area contributed by atoms with Gasteiger partial charge < -0.3 is 14.2 Å². The Balaban J connectivity index is 1.61. The molecule has 1 fully saturated rings. The van der Waals surface area contributed by atoms with E-state index in [1.807, 2.05) is 36.5 Å². The average Bonchev–Trinajstić information content (AvgIpc) is 2.74. The molecule has 0 amide bonds. The minimum atomic E-state index is 0.629. The Morgan fingerprint density at radius 2 is 1.57 bits per heavy atom. The molecule has 3 rings (SSSR count). The minimum Gasteiger partial charge on any atom is -0.496 e. The predicted molar refractivity (Wildman–Crippen MR) is 112 cm³/mol. The zero-order valence-electron chi connectivity index (χ0n) is 16.5. The van der Waals surface area contributed by atoms with Gasteiger partial charge >= 0.3 is 0 Å². The molecular weight excluding hydrogens is 378 g/mol. The molecule has 0 aromatic heterocycles. The van der Waals surface area contributed by atoms with Gasteiger partial charge in [0.1, 0.15) is 5.75 Å². The van der Waals surface area contributed by atoms with Crippen LogP contribution in [-0.2, 0) is 6.54 Å². The summed E-state index contributed by atoms with van der Waals surface area (Å²) in [4.78, 5) is 2.39. The Morgan fingerprint density at radius 1 is 0.929 bits per heavy atom. The molecule has 1 aliphatic rings. The van der Waals surface area contributed by atoms with Crippen molar-refractivity contribution in [3.8, 4) is 17.2 Å². The molecule has 7 heteroatoms. The molecule has 2 aromatic carbocycles. The van der Waals surface area contributed by atoms with E-state index in [-0.39, 0.29) is 0 Å². The number of piperazine rings is 1. The van der Waals surface area contributed by atoms with E-state index in [0.29, 0.717) is 17.2 Å². The third-order valence-electron chi connectivity index (χ3n) is 4.80. The summed E-state index contributed by atoms with van der Waals surface area (Å²) in [6.07, 6.45) is 1.81. The second-order valence-corrected chi connectivity index (χ2v) is 6.92. The summed E-state index contributed by atoms with van der Waals surface area (Å²) < 4.78 is 16.2. The zero-order chi connectivity index (χ0) is 19.9. The van der Waals surface area contributed by atoms with Gasteiger partial charge in [-0.1, -0.05) is 29.8 Å². The molecule has 0 aliphatic carbocycles. The van der Waals surface area contributed by atoms with Crippen LogP contribution < -0.4 is 14.2 Å². The zero-order valence-corrected chi connectivity index (χ0v) is 17.3. The highest BCUT2D eigenvalue weighted by molar-refractivity contribution is 6.31. The van der Waals surface area contributed by atoms with Crippen molar-refractivity contribution in [3.63, 3.8) is 0 Å². The van der Waals surface area contributed by atoms with E-state index in [1.165, 1.54) is 0 Å². The van der Waals surface area contributed by atoms with Gasteiger partial charge in [-0.25, -0.2) is 0 Å². The van der Waals surface area contributed by atoms with Crippen molar-refractivity contribution in [2.24, 2.45) is 5.10 Å². The normalized spacial score (nSPS) is 15.1. The van der Waals surface area contributed by atoms with Crippen LogP contribution in [0.2, 0.25) is 5.02 Å². The first kappa shape index (κ1) is 20.3. The number of methoxy groups -OCH3 is 3. The van der Waals surface area contributed by atoms with Gasteiger partial charge in [0.2, 0.25) is 0 Å². The van der Waals surface area contributed by atoms with Crippen molar-refractivity contribution < 1.29 is 14.2 Å². The molecule has 28 heavy (non-hydrogen) atoms. The molecule has 0 spiro atoms. The number of ether oxygens (including phenoxy) is 3. The summed E-state index contributed by atoms with van der Waals surface area (Å²) in [5.41, 5.74) is 2.01. The van der Waals surface area contributed by atoms with Crippen LogP contribution in [0.15, 0.2) is 41.5 Å². The Hall–Kier alpha value is -2.44. The molecule has 0 atom stereocenters. The highest BCUT2D eigenvalue weighted by Crippen LogP contribution is 2.33. The number of hydrogen-bond acceptors (Lipinski definition) is 6. The third kappa shape index (κ3) is 4.88. The van der Waals surface area contributed by atoms with Gasteiger partial charge in [-0.2, -0.15) is 5.10 Å². The number of nitrogens with zero attached hydrogens (tertiary/aromatic N) is 3. The van der Waals surface area contributed by atoms with E-state index in [1.54, 1.807) is 21.3 Å². The topological polar surface area (TPSA) is 46.5 Å². The van der Waals surface area contributed by atoms with E-state index < -0.39 is 0 Å². The molecule has 1 heterocycles. The third-order valence-corrected chi connectivity index (χ3v) is 5.17. The summed E-state index contributed by atoms with van der Waals surface area (Å²) in [7, 11) is 4.85. The Kier molecular flexibility index (Phi) is 7.01. The van der Waals surface area contributed by atoms with Crippen LogP contribution in [0.25, 0.3) is 0 Å². The van der Waals surface area contributed by atoms with E-state index >= 15 is 0 Å². The maximum atomic E-state index is 6.27. The lowest BCUT2D eigenvalue weighted by atomic mass is 10.2. The first-order valence-electron chi connectivity index (χ1n) is 9.19. The first-order valence-corrected chi connectivity index (χ1v) is 9.57. The van der Waals surface area contributed by atoms with Gasteiger partial charge in [0.05, 0.1) is 27.5 Å². The van der Waals surface area contributed by atoms with E-state index in [2.05, 4.69) is 21.1 Å². The van der Waals surface area contributed by atoms with Crippen LogP contribution >= 0.6 is 11.6 Å². The van der Waals surface area contributed by atoms with Gasteiger partial charge in [-0.05, 0) is 17.7 Å². The van der Waals surface area contributed by atoms with Crippen molar-refractivity contribution in [1.82, 2.24) is 9.91 Å². The fraction of sp³-hybridized carbons (Fsp3) is 0.381. The molecule has 0 unspecified atom stereocenters. The summed E-state index contributed by atoms with van der Waals surface area (Å²) in [6.45, 7) is 4.45. The molecule has 6 nitrogen and oxygen atoms in total. The molecule has 1 saturated heterocycles. The summed E-state index contributed by atoms with van der Waals surface area (Å²) in [5, 5.41) is 7.52. The maximum absolute atomic E-state index is 6.27. The van der Waals surface area contributed by atoms with Crippen molar-refractivity contribution >= 4 is 17.8 Å². The number of rotatable bonds is 7. The van der Waals surface area contributed by atoms with Crippen molar-refractivity contribution in [2.75, 3.05) is 47.5 Å². The Bertz CT molecular complexity index is 821. The van der Waals surface area contributed by atoms with Crippen LogP contribution in [0.3, 0.4) is 0 Å². The fourth-order valence-electron chi connectivity index (χ4n) is 3.18. The molecule has 1 aliphatic heterocycles. The summed E-state index contributed by atoms with van der Waals surface area (Å²) in [5.74, 6) is 1.97. The Morgan fingerprint density at radius 3 is 2.21 bits per heavy atom. The quantitative estimate of drug-likeness (QED) is 0.662. The minimum absolute atomic E-state index is 0.629.